The molecule has 0 aliphatic carbocycles. The molecule has 0 spiro atoms. The molecule has 0 bridgehead atoms. The Morgan fingerprint density at radius 1 is 1.39 bits per heavy atom. The van der Waals surface area contributed by atoms with Crippen molar-refractivity contribution in [3.63, 3.8) is 0 Å². The summed E-state index contributed by atoms with van der Waals surface area (Å²) in [6.45, 7) is 2.09. The van der Waals surface area contributed by atoms with Gasteiger partial charge in [0.25, 0.3) is 0 Å². The second kappa shape index (κ2) is 5.55. The predicted octanol–water partition coefficient (Wildman–Crippen LogP) is 2.21. The van der Waals surface area contributed by atoms with E-state index in [0.717, 1.165) is 5.56 Å². The van der Waals surface area contributed by atoms with Gasteiger partial charge in [-0.15, -0.1) is 0 Å². The molecular weight excluding hydrogens is 233 g/mol. The van der Waals surface area contributed by atoms with Gasteiger partial charge in [0, 0.05) is 18.9 Å². The first-order valence-electron chi connectivity index (χ1n) is 5.61. The molecule has 2 N–H and O–H groups in total. The van der Waals surface area contributed by atoms with Crippen LogP contribution < -0.4 is 10.5 Å². The average molecular weight is 247 g/mol. The van der Waals surface area contributed by atoms with Crippen molar-refractivity contribution in [2.45, 2.75) is 19.6 Å². The van der Waals surface area contributed by atoms with E-state index in [1.54, 1.807) is 37.6 Å². The molecule has 0 aliphatic rings. The van der Waals surface area contributed by atoms with E-state index in [9.17, 15) is 4.39 Å². The molecule has 5 heteroatoms. The maximum Gasteiger partial charge on any atom is 0.165 e. The third-order valence-corrected chi connectivity index (χ3v) is 2.54. The molecule has 0 aliphatic heterocycles. The van der Waals surface area contributed by atoms with Crippen LogP contribution in [0.1, 0.15) is 24.3 Å². The number of hydrogen-bond donors (Lipinski definition) is 1. The molecule has 18 heavy (non-hydrogen) atoms. The number of aromatic nitrogens is 2. The Kier molecular flexibility index (Phi) is 3.84. The molecule has 0 saturated carbocycles. The zero-order chi connectivity index (χ0) is 13.0. The van der Waals surface area contributed by atoms with Crippen LogP contribution in [0.15, 0.2) is 36.8 Å². The summed E-state index contributed by atoms with van der Waals surface area (Å²) in [7, 11) is 0. The van der Waals surface area contributed by atoms with Crippen molar-refractivity contribution in [2.24, 2.45) is 5.73 Å². The minimum atomic E-state index is -0.423. The van der Waals surface area contributed by atoms with Gasteiger partial charge in [0.1, 0.15) is 6.10 Å². The van der Waals surface area contributed by atoms with Crippen LogP contribution in [0, 0.1) is 5.82 Å². The van der Waals surface area contributed by atoms with E-state index in [2.05, 4.69) is 9.97 Å². The third kappa shape index (κ3) is 2.81. The summed E-state index contributed by atoms with van der Waals surface area (Å²) >= 11 is 0. The van der Waals surface area contributed by atoms with E-state index < -0.39 is 5.82 Å². The molecule has 0 fully saturated rings. The van der Waals surface area contributed by atoms with Gasteiger partial charge >= 0.3 is 0 Å². The van der Waals surface area contributed by atoms with Gasteiger partial charge in [-0.05, 0) is 24.6 Å². The van der Waals surface area contributed by atoms with E-state index in [1.165, 1.54) is 6.07 Å². The molecule has 0 radical (unpaired) electrons. The standard InChI is InChI=1S/C13H14FN3O/c1-9(12-8-16-4-5-17-12)18-13-3-2-10(7-15)6-11(13)14/h2-6,8-9H,7,15H2,1H3. The fraction of sp³-hybridized carbons (Fsp3) is 0.231. The lowest BCUT2D eigenvalue weighted by Crippen LogP contribution is -2.07. The van der Waals surface area contributed by atoms with Crippen LogP contribution in [0.25, 0.3) is 0 Å². The highest BCUT2D eigenvalue weighted by atomic mass is 19.1. The van der Waals surface area contributed by atoms with Gasteiger partial charge in [-0.3, -0.25) is 9.97 Å². The summed E-state index contributed by atoms with van der Waals surface area (Å²) in [5, 5.41) is 0. The van der Waals surface area contributed by atoms with Crippen LogP contribution in [0.2, 0.25) is 0 Å². The van der Waals surface area contributed by atoms with Crippen molar-refractivity contribution in [1.82, 2.24) is 9.97 Å². The maximum absolute atomic E-state index is 13.7. The van der Waals surface area contributed by atoms with Crippen molar-refractivity contribution in [2.75, 3.05) is 0 Å². The van der Waals surface area contributed by atoms with Gasteiger partial charge in [0.2, 0.25) is 0 Å². The van der Waals surface area contributed by atoms with E-state index in [4.69, 9.17) is 10.5 Å². The third-order valence-electron chi connectivity index (χ3n) is 2.54. The molecule has 2 rings (SSSR count). The van der Waals surface area contributed by atoms with Crippen LogP contribution in [-0.2, 0) is 6.54 Å². The number of benzene rings is 1. The first-order chi connectivity index (χ1) is 8.70. The van der Waals surface area contributed by atoms with Crippen LogP contribution >= 0.6 is 0 Å². The van der Waals surface area contributed by atoms with Crippen LogP contribution in [0.5, 0.6) is 5.75 Å². The van der Waals surface area contributed by atoms with Crippen molar-refractivity contribution >= 4 is 0 Å². The number of halogens is 1. The largest absolute Gasteiger partial charge is 0.481 e. The highest BCUT2D eigenvalue weighted by molar-refractivity contribution is 5.29. The Morgan fingerprint density at radius 3 is 2.83 bits per heavy atom. The minimum Gasteiger partial charge on any atom is -0.481 e. The highest BCUT2D eigenvalue weighted by Crippen LogP contribution is 2.23. The molecule has 1 unspecified atom stereocenters. The van der Waals surface area contributed by atoms with Crippen LogP contribution in [0.4, 0.5) is 4.39 Å². The van der Waals surface area contributed by atoms with Gasteiger partial charge in [-0.25, -0.2) is 4.39 Å². The first kappa shape index (κ1) is 12.4. The minimum absolute atomic E-state index is 0.186. The summed E-state index contributed by atoms with van der Waals surface area (Å²) < 4.78 is 19.2. The predicted molar refractivity (Wildman–Crippen MR) is 65.4 cm³/mol. The fourth-order valence-corrected chi connectivity index (χ4v) is 1.54. The van der Waals surface area contributed by atoms with Gasteiger partial charge < -0.3 is 10.5 Å². The summed E-state index contributed by atoms with van der Waals surface area (Å²) in [6, 6.07) is 4.69. The lowest BCUT2D eigenvalue weighted by atomic mass is 10.2. The van der Waals surface area contributed by atoms with Crippen molar-refractivity contribution < 1.29 is 9.13 Å². The first-order valence-corrected chi connectivity index (χ1v) is 5.61. The lowest BCUT2D eigenvalue weighted by Gasteiger charge is -2.14. The highest BCUT2D eigenvalue weighted by Gasteiger charge is 2.12. The van der Waals surface area contributed by atoms with Crippen molar-refractivity contribution in [3.05, 3.63) is 53.9 Å². The van der Waals surface area contributed by atoms with Gasteiger partial charge in [-0.2, -0.15) is 0 Å². The van der Waals surface area contributed by atoms with Gasteiger partial charge in [0.15, 0.2) is 11.6 Å². The number of hydrogen-bond acceptors (Lipinski definition) is 4. The second-order valence-electron chi connectivity index (χ2n) is 3.86. The SMILES string of the molecule is CC(Oc1ccc(CN)cc1F)c1cnccn1. The number of rotatable bonds is 4. The number of ether oxygens (including phenoxy) is 1. The smallest absolute Gasteiger partial charge is 0.165 e. The van der Waals surface area contributed by atoms with Crippen LogP contribution in [0.3, 0.4) is 0 Å². The van der Waals surface area contributed by atoms with Crippen molar-refractivity contribution in [3.8, 4) is 5.75 Å². The molecule has 1 atom stereocenters. The Labute approximate surface area is 105 Å². The van der Waals surface area contributed by atoms with E-state index in [-0.39, 0.29) is 11.9 Å². The molecule has 4 nitrogen and oxygen atoms in total. The molecule has 0 saturated heterocycles. The quantitative estimate of drug-likeness (QED) is 0.899. The molecular formula is C13H14FN3O. The Morgan fingerprint density at radius 2 is 2.22 bits per heavy atom. The lowest BCUT2D eigenvalue weighted by molar-refractivity contribution is 0.211. The fourth-order valence-electron chi connectivity index (χ4n) is 1.54. The van der Waals surface area contributed by atoms with Crippen molar-refractivity contribution in [1.29, 1.82) is 0 Å². The summed E-state index contributed by atoms with van der Waals surface area (Å²) in [4.78, 5) is 8.05. The number of nitrogens with zero attached hydrogens (tertiary/aromatic N) is 2. The Balaban J connectivity index is 2.14. The van der Waals surface area contributed by atoms with Crippen LogP contribution in [-0.4, -0.2) is 9.97 Å². The van der Waals surface area contributed by atoms with E-state index >= 15 is 0 Å². The number of nitrogens with two attached hydrogens (primary N) is 1. The Bertz CT molecular complexity index is 519. The molecule has 1 aromatic heterocycles. The molecule has 1 aromatic carbocycles. The normalized spacial score (nSPS) is 12.2. The topological polar surface area (TPSA) is 61.0 Å². The molecule has 1 heterocycles. The molecule has 94 valence electrons. The van der Waals surface area contributed by atoms with E-state index in [1.807, 2.05) is 0 Å². The molecule has 0 amide bonds. The monoisotopic (exact) mass is 247 g/mol. The van der Waals surface area contributed by atoms with E-state index in [0.29, 0.717) is 12.2 Å². The maximum atomic E-state index is 13.7. The van der Waals surface area contributed by atoms with Gasteiger partial charge in [0.05, 0.1) is 11.9 Å². The summed E-state index contributed by atoms with van der Waals surface area (Å²) in [5.74, 6) is -0.237. The summed E-state index contributed by atoms with van der Waals surface area (Å²) in [5.41, 5.74) is 6.82. The zero-order valence-corrected chi connectivity index (χ0v) is 10.0. The summed E-state index contributed by atoms with van der Waals surface area (Å²) in [6.07, 6.45) is 4.38. The van der Waals surface area contributed by atoms with Gasteiger partial charge in [-0.1, -0.05) is 6.07 Å². The second-order valence-corrected chi connectivity index (χ2v) is 3.86. The zero-order valence-electron chi connectivity index (χ0n) is 10.0. The molecule has 2 aromatic rings. The Hall–Kier alpha value is -2.01. The average Bonchev–Trinajstić information content (AvgIpc) is 2.42.